The van der Waals surface area contributed by atoms with Crippen LogP contribution in [0.15, 0.2) is 22.8 Å². The Morgan fingerprint density at radius 2 is 2.47 bits per heavy atom. The summed E-state index contributed by atoms with van der Waals surface area (Å²) in [5.41, 5.74) is 0.798. The first kappa shape index (κ1) is 14.4. The maximum absolute atomic E-state index is 11.6. The predicted molar refractivity (Wildman–Crippen MR) is 73.5 cm³/mol. The van der Waals surface area contributed by atoms with Gasteiger partial charge in [-0.3, -0.25) is 4.79 Å². The third kappa shape index (κ3) is 5.26. The molecule has 1 saturated heterocycles. The zero-order valence-corrected chi connectivity index (χ0v) is 12.2. The van der Waals surface area contributed by atoms with Crippen molar-refractivity contribution in [1.29, 1.82) is 0 Å². The van der Waals surface area contributed by atoms with E-state index in [0.29, 0.717) is 19.1 Å². The molecule has 0 bridgehead atoms. The minimum absolute atomic E-state index is 0.0573. The van der Waals surface area contributed by atoms with Crippen molar-refractivity contribution < 1.29 is 14.3 Å². The highest BCUT2D eigenvalue weighted by molar-refractivity contribution is 9.10. The van der Waals surface area contributed by atoms with Crippen molar-refractivity contribution in [3.63, 3.8) is 0 Å². The lowest BCUT2D eigenvalue weighted by molar-refractivity contribution is -0.126. The van der Waals surface area contributed by atoms with Crippen molar-refractivity contribution in [2.45, 2.75) is 13.0 Å². The van der Waals surface area contributed by atoms with E-state index in [0.717, 1.165) is 29.9 Å². The van der Waals surface area contributed by atoms with E-state index >= 15 is 0 Å². The molecule has 19 heavy (non-hydrogen) atoms. The molecular formula is C13H17BrN2O3. The summed E-state index contributed by atoms with van der Waals surface area (Å²) in [6, 6.07) is 5.59. The van der Waals surface area contributed by atoms with Crippen LogP contribution in [0.2, 0.25) is 0 Å². The molecule has 0 spiro atoms. The third-order valence-corrected chi connectivity index (χ3v) is 3.31. The molecular weight excluding hydrogens is 312 g/mol. The molecule has 1 unspecified atom stereocenters. The zero-order chi connectivity index (χ0) is 13.5. The van der Waals surface area contributed by atoms with E-state index in [1.165, 1.54) is 0 Å². The molecule has 1 amide bonds. The van der Waals surface area contributed by atoms with Gasteiger partial charge in [-0.1, -0.05) is 6.07 Å². The molecule has 0 radical (unpaired) electrons. The van der Waals surface area contributed by atoms with Gasteiger partial charge in [-0.05, 0) is 34.5 Å². The van der Waals surface area contributed by atoms with Gasteiger partial charge >= 0.3 is 0 Å². The molecule has 1 N–H and O–H groups in total. The van der Waals surface area contributed by atoms with E-state index in [4.69, 9.17) is 9.47 Å². The molecule has 5 nitrogen and oxygen atoms in total. The van der Waals surface area contributed by atoms with Crippen LogP contribution >= 0.6 is 15.9 Å². The van der Waals surface area contributed by atoms with Crippen LogP contribution in [0.4, 0.5) is 0 Å². The lowest BCUT2D eigenvalue weighted by Crippen LogP contribution is -2.32. The van der Waals surface area contributed by atoms with Crippen molar-refractivity contribution in [3.8, 4) is 0 Å². The highest BCUT2D eigenvalue weighted by Gasteiger charge is 2.16. The number of hydrogen-bond acceptors (Lipinski definition) is 4. The number of carbonyl (C=O) groups excluding carboxylic acids is 1. The van der Waals surface area contributed by atoms with E-state index in [1.807, 2.05) is 18.2 Å². The normalized spacial score (nSPS) is 18.5. The molecule has 0 aromatic carbocycles. The molecule has 1 aliphatic heterocycles. The van der Waals surface area contributed by atoms with E-state index in [1.54, 1.807) is 0 Å². The number of amides is 1. The van der Waals surface area contributed by atoms with Gasteiger partial charge in [0.1, 0.15) is 11.2 Å². The van der Waals surface area contributed by atoms with Gasteiger partial charge in [0.25, 0.3) is 0 Å². The summed E-state index contributed by atoms with van der Waals surface area (Å²) in [5.74, 6) is 0.345. The predicted octanol–water partition coefficient (Wildman–Crippen LogP) is 1.51. The van der Waals surface area contributed by atoms with Crippen molar-refractivity contribution in [2.75, 3.05) is 26.4 Å². The van der Waals surface area contributed by atoms with Crippen molar-refractivity contribution in [2.24, 2.45) is 5.92 Å². The molecule has 0 saturated carbocycles. The summed E-state index contributed by atoms with van der Waals surface area (Å²) >= 11 is 3.29. The van der Waals surface area contributed by atoms with Gasteiger partial charge in [0.05, 0.1) is 18.9 Å². The largest absolute Gasteiger partial charge is 0.381 e. The second kappa shape index (κ2) is 7.57. The highest BCUT2D eigenvalue weighted by Crippen LogP contribution is 2.10. The first-order valence-electron chi connectivity index (χ1n) is 6.27. The molecule has 1 fully saturated rings. The van der Waals surface area contributed by atoms with E-state index in [-0.39, 0.29) is 12.5 Å². The van der Waals surface area contributed by atoms with E-state index < -0.39 is 0 Å². The van der Waals surface area contributed by atoms with Gasteiger partial charge in [0, 0.05) is 19.1 Å². The number of halogens is 1. The quantitative estimate of drug-likeness (QED) is 0.804. The number of aromatic nitrogens is 1. The first-order chi connectivity index (χ1) is 9.24. The summed E-state index contributed by atoms with van der Waals surface area (Å²) in [6.45, 7) is 2.59. The Bertz CT molecular complexity index is 422. The Balaban J connectivity index is 1.60. The van der Waals surface area contributed by atoms with Crippen molar-refractivity contribution in [3.05, 3.63) is 28.5 Å². The minimum atomic E-state index is -0.0955. The monoisotopic (exact) mass is 328 g/mol. The standard InChI is InChI=1S/C13H17BrN2O3/c14-12-3-1-2-11(16-12)8-19-9-13(17)15-6-10-4-5-18-7-10/h1-3,10H,4-9H2,(H,15,17). The molecule has 0 aliphatic carbocycles. The van der Waals surface area contributed by atoms with Gasteiger partial charge in [-0.2, -0.15) is 0 Å². The van der Waals surface area contributed by atoms with Crippen molar-refractivity contribution in [1.82, 2.24) is 10.3 Å². The Hall–Kier alpha value is -0.980. The summed E-state index contributed by atoms with van der Waals surface area (Å²) in [6.07, 6.45) is 1.02. The number of hydrogen-bond donors (Lipinski definition) is 1. The molecule has 1 aromatic rings. The fourth-order valence-corrected chi connectivity index (χ4v) is 2.21. The smallest absolute Gasteiger partial charge is 0.246 e. The summed E-state index contributed by atoms with van der Waals surface area (Å²) in [7, 11) is 0. The van der Waals surface area contributed by atoms with Gasteiger partial charge < -0.3 is 14.8 Å². The second-order valence-corrected chi connectivity index (χ2v) is 5.29. The van der Waals surface area contributed by atoms with Gasteiger partial charge in [-0.25, -0.2) is 4.98 Å². The number of pyridine rings is 1. The fraction of sp³-hybridized carbons (Fsp3) is 0.538. The molecule has 1 atom stereocenters. The molecule has 6 heteroatoms. The number of nitrogens with zero attached hydrogens (tertiary/aromatic N) is 1. The summed E-state index contributed by atoms with van der Waals surface area (Å²) in [4.78, 5) is 15.8. The average molecular weight is 329 g/mol. The minimum Gasteiger partial charge on any atom is -0.381 e. The Kier molecular flexibility index (Phi) is 5.75. The summed E-state index contributed by atoms with van der Waals surface area (Å²) in [5, 5.41) is 2.85. The highest BCUT2D eigenvalue weighted by atomic mass is 79.9. The second-order valence-electron chi connectivity index (χ2n) is 4.48. The van der Waals surface area contributed by atoms with Crippen LogP contribution in [0.1, 0.15) is 12.1 Å². The molecule has 2 heterocycles. The van der Waals surface area contributed by atoms with E-state index in [9.17, 15) is 4.79 Å². The fourth-order valence-electron chi connectivity index (χ4n) is 1.83. The van der Waals surface area contributed by atoms with Crippen LogP contribution < -0.4 is 5.32 Å². The number of rotatable bonds is 6. The lowest BCUT2D eigenvalue weighted by Gasteiger charge is -2.09. The topological polar surface area (TPSA) is 60.5 Å². The van der Waals surface area contributed by atoms with E-state index in [2.05, 4.69) is 26.2 Å². The van der Waals surface area contributed by atoms with Crippen LogP contribution in [-0.2, 0) is 20.9 Å². The van der Waals surface area contributed by atoms with Crippen LogP contribution in [0, 0.1) is 5.92 Å². The maximum Gasteiger partial charge on any atom is 0.246 e. The Labute approximate surface area is 120 Å². The molecule has 104 valence electrons. The number of ether oxygens (including phenoxy) is 2. The third-order valence-electron chi connectivity index (χ3n) is 2.87. The number of carbonyl (C=O) groups is 1. The SMILES string of the molecule is O=C(COCc1cccc(Br)n1)NCC1CCOC1. The Morgan fingerprint density at radius 3 is 3.21 bits per heavy atom. The van der Waals surface area contributed by atoms with Crippen LogP contribution in [0.25, 0.3) is 0 Å². The van der Waals surface area contributed by atoms with Gasteiger partial charge in [-0.15, -0.1) is 0 Å². The maximum atomic E-state index is 11.6. The average Bonchev–Trinajstić information content (AvgIpc) is 2.89. The molecule has 1 aromatic heterocycles. The first-order valence-corrected chi connectivity index (χ1v) is 7.07. The van der Waals surface area contributed by atoms with Gasteiger partial charge in [0.15, 0.2) is 0 Å². The molecule has 2 rings (SSSR count). The lowest BCUT2D eigenvalue weighted by atomic mass is 10.1. The Morgan fingerprint density at radius 1 is 1.58 bits per heavy atom. The van der Waals surface area contributed by atoms with Gasteiger partial charge in [0.2, 0.25) is 5.91 Å². The van der Waals surface area contributed by atoms with Crippen molar-refractivity contribution >= 4 is 21.8 Å². The molecule has 1 aliphatic rings. The van der Waals surface area contributed by atoms with Crippen LogP contribution in [0.5, 0.6) is 0 Å². The van der Waals surface area contributed by atoms with Crippen LogP contribution in [0.3, 0.4) is 0 Å². The van der Waals surface area contributed by atoms with Crippen LogP contribution in [-0.4, -0.2) is 37.3 Å². The number of nitrogens with one attached hydrogen (secondary N) is 1. The zero-order valence-electron chi connectivity index (χ0n) is 10.6. The summed E-state index contributed by atoms with van der Waals surface area (Å²) < 4.78 is 11.3.